The van der Waals surface area contributed by atoms with Gasteiger partial charge in [0, 0.05) is 5.56 Å². The van der Waals surface area contributed by atoms with Gasteiger partial charge in [-0.25, -0.2) is 9.79 Å². The number of para-hydroxylation sites is 2. The smallest absolute Gasteiger partial charge is 0.355 e. The Morgan fingerprint density at radius 1 is 0.944 bits per heavy atom. The second-order valence-electron chi connectivity index (χ2n) is 3.62. The minimum atomic E-state index is -1.13. The summed E-state index contributed by atoms with van der Waals surface area (Å²) < 4.78 is 0. The van der Waals surface area contributed by atoms with Crippen LogP contribution in [0.2, 0.25) is 0 Å². The zero-order valence-corrected chi connectivity index (χ0v) is 9.45. The van der Waals surface area contributed by atoms with E-state index in [1.165, 1.54) is 6.07 Å². The predicted molar refractivity (Wildman–Crippen MR) is 68.4 cm³/mol. The fourth-order valence-corrected chi connectivity index (χ4v) is 1.51. The number of carboxylic acid groups (broad SMARTS) is 1. The molecule has 0 bridgehead atoms. The fraction of sp³-hybridized carbons (Fsp3) is 0. The lowest BCUT2D eigenvalue weighted by Crippen LogP contribution is -2.13. The van der Waals surface area contributed by atoms with E-state index < -0.39 is 5.97 Å². The average Bonchev–Trinajstić information content (AvgIpc) is 2.38. The Kier molecular flexibility index (Phi) is 3.38. The Labute approximate surface area is 104 Å². The lowest BCUT2D eigenvalue weighted by atomic mass is 10.1. The van der Waals surface area contributed by atoms with E-state index >= 15 is 0 Å². The van der Waals surface area contributed by atoms with Gasteiger partial charge in [0.25, 0.3) is 0 Å². The molecule has 0 amide bonds. The van der Waals surface area contributed by atoms with E-state index in [9.17, 15) is 9.90 Å². The molecule has 0 aliphatic carbocycles. The molecule has 0 saturated carbocycles. The molecular weight excluding hydrogens is 230 g/mol. The number of aromatic hydroxyl groups is 1. The first-order valence-electron chi connectivity index (χ1n) is 5.34. The van der Waals surface area contributed by atoms with Gasteiger partial charge in [0.05, 0.1) is 0 Å². The SMILES string of the molecule is O=C(O)C(=Nc1ccccc1O)c1ccccc1. The van der Waals surface area contributed by atoms with Crippen molar-refractivity contribution in [1.29, 1.82) is 0 Å². The minimum Gasteiger partial charge on any atom is -0.506 e. The lowest BCUT2D eigenvalue weighted by Gasteiger charge is -2.03. The Hall–Kier alpha value is -2.62. The first-order valence-corrected chi connectivity index (χ1v) is 5.34. The molecule has 18 heavy (non-hydrogen) atoms. The molecule has 0 unspecified atom stereocenters. The van der Waals surface area contributed by atoms with Crippen molar-refractivity contribution in [3.8, 4) is 5.75 Å². The number of phenols is 1. The van der Waals surface area contributed by atoms with Crippen LogP contribution in [0.5, 0.6) is 5.75 Å². The third kappa shape index (κ3) is 2.55. The van der Waals surface area contributed by atoms with Crippen LogP contribution >= 0.6 is 0 Å². The number of phenolic OH excluding ortho intramolecular Hbond substituents is 1. The maximum Gasteiger partial charge on any atom is 0.355 e. The van der Waals surface area contributed by atoms with Gasteiger partial charge in [-0.3, -0.25) is 0 Å². The van der Waals surface area contributed by atoms with Crippen LogP contribution in [0.15, 0.2) is 59.6 Å². The molecule has 0 spiro atoms. The highest BCUT2D eigenvalue weighted by Crippen LogP contribution is 2.25. The van der Waals surface area contributed by atoms with Crippen LogP contribution in [0.25, 0.3) is 0 Å². The van der Waals surface area contributed by atoms with E-state index in [4.69, 9.17) is 5.11 Å². The van der Waals surface area contributed by atoms with E-state index in [0.717, 1.165) is 0 Å². The molecule has 4 heteroatoms. The van der Waals surface area contributed by atoms with Crippen molar-refractivity contribution < 1.29 is 15.0 Å². The first-order chi connectivity index (χ1) is 8.68. The van der Waals surface area contributed by atoms with Gasteiger partial charge in [-0.15, -0.1) is 0 Å². The van der Waals surface area contributed by atoms with Crippen LogP contribution in [0.1, 0.15) is 5.56 Å². The molecule has 4 nitrogen and oxygen atoms in total. The molecule has 0 atom stereocenters. The van der Waals surface area contributed by atoms with Crippen LogP contribution in [-0.2, 0) is 4.79 Å². The van der Waals surface area contributed by atoms with Gasteiger partial charge in [-0.1, -0.05) is 42.5 Å². The quantitative estimate of drug-likeness (QED) is 0.811. The van der Waals surface area contributed by atoms with Crippen molar-refractivity contribution in [2.75, 3.05) is 0 Å². The highest BCUT2D eigenvalue weighted by molar-refractivity contribution is 6.43. The molecule has 0 heterocycles. The van der Waals surface area contributed by atoms with Crippen molar-refractivity contribution in [2.45, 2.75) is 0 Å². The summed E-state index contributed by atoms with van der Waals surface area (Å²) in [4.78, 5) is 15.2. The Morgan fingerprint density at radius 2 is 1.56 bits per heavy atom. The molecule has 2 N–H and O–H groups in total. The van der Waals surface area contributed by atoms with E-state index in [-0.39, 0.29) is 17.1 Å². The number of carboxylic acids is 1. The van der Waals surface area contributed by atoms with E-state index in [1.54, 1.807) is 48.5 Å². The predicted octanol–water partition coefficient (Wildman–Crippen LogP) is 2.60. The summed E-state index contributed by atoms with van der Waals surface area (Å²) in [5, 5.41) is 18.8. The molecule has 0 saturated heterocycles. The maximum atomic E-state index is 11.2. The number of carbonyl (C=O) groups is 1. The van der Waals surface area contributed by atoms with Gasteiger partial charge in [0.1, 0.15) is 11.4 Å². The van der Waals surface area contributed by atoms with Gasteiger partial charge in [0.15, 0.2) is 5.71 Å². The summed E-state index contributed by atoms with van der Waals surface area (Å²) in [6.07, 6.45) is 0. The van der Waals surface area contributed by atoms with Gasteiger partial charge in [-0.05, 0) is 12.1 Å². The van der Waals surface area contributed by atoms with Crippen LogP contribution < -0.4 is 0 Å². The third-order valence-electron chi connectivity index (χ3n) is 2.36. The van der Waals surface area contributed by atoms with Gasteiger partial charge < -0.3 is 10.2 Å². The van der Waals surface area contributed by atoms with Crippen LogP contribution in [0.4, 0.5) is 5.69 Å². The second-order valence-corrected chi connectivity index (χ2v) is 3.62. The van der Waals surface area contributed by atoms with Crippen molar-refractivity contribution in [3.05, 3.63) is 60.2 Å². The Balaban J connectivity index is 2.50. The molecule has 0 fully saturated rings. The standard InChI is InChI=1S/C14H11NO3/c16-12-9-5-4-8-11(12)15-13(14(17)18)10-6-2-1-3-7-10/h1-9,16H,(H,17,18). The van der Waals surface area contributed by atoms with E-state index in [2.05, 4.69) is 4.99 Å². The molecule has 0 radical (unpaired) electrons. The number of hydrogen-bond acceptors (Lipinski definition) is 3. The molecular formula is C14H11NO3. The summed E-state index contributed by atoms with van der Waals surface area (Å²) in [5.41, 5.74) is 0.629. The zero-order chi connectivity index (χ0) is 13.0. The van der Waals surface area contributed by atoms with Gasteiger partial charge in [-0.2, -0.15) is 0 Å². The molecule has 2 aromatic carbocycles. The zero-order valence-electron chi connectivity index (χ0n) is 9.45. The second kappa shape index (κ2) is 5.14. The Bertz CT molecular complexity index is 591. The van der Waals surface area contributed by atoms with Crippen molar-refractivity contribution >= 4 is 17.4 Å². The lowest BCUT2D eigenvalue weighted by molar-refractivity contribution is -0.129. The topological polar surface area (TPSA) is 69.9 Å². The first kappa shape index (κ1) is 11.9. The third-order valence-corrected chi connectivity index (χ3v) is 2.36. The largest absolute Gasteiger partial charge is 0.506 e. The molecule has 0 aromatic heterocycles. The summed E-state index contributed by atoms with van der Waals surface area (Å²) in [5.74, 6) is -1.18. The van der Waals surface area contributed by atoms with Crippen LogP contribution in [0, 0.1) is 0 Å². The van der Waals surface area contributed by atoms with Crippen molar-refractivity contribution in [2.24, 2.45) is 4.99 Å². The number of benzene rings is 2. The highest BCUT2D eigenvalue weighted by atomic mass is 16.4. The summed E-state index contributed by atoms with van der Waals surface area (Å²) >= 11 is 0. The Morgan fingerprint density at radius 3 is 2.17 bits per heavy atom. The molecule has 2 rings (SSSR count). The number of aliphatic imine (C=N–C) groups is 1. The van der Waals surface area contributed by atoms with E-state index in [1.807, 2.05) is 0 Å². The minimum absolute atomic E-state index is 0.0489. The van der Waals surface area contributed by atoms with Crippen LogP contribution in [-0.4, -0.2) is 21.9 Å². The maximum absolute atomic E-state index is 11.2. The fourth-order valence-electron chi connectivity index (χ4n) is 1.51. The van der Waals surface area contributed by atoms with Crippen LogP contribution in [0.3, 0.4) is 0 Å². The van der Waals surface area contributed by atoms with Gasteiger partial charge in [0.2, 0.25) is 0 Å². The summed E-state index contributed by atoms with van der Waals surface area (Å²) in [6, 6.07) is 14.9. The summed E-state index contributed by atoms with van der Waals surface area (Å²) in [7, 11) is 0. The number of nitrogens with zero attached hydrogens (tertiary/aromatic N) is 1. The van der Waals surface area contributed by atoms with Crippen molar-refractivity contribution in [1.82, 2.24) is 0 Å². The molecule has 0 aliphatic rings. The van der Waals surface area contributed by atoms with Gasteiger partial charge >= 0.3 is 5.97 Å². The number of hydrogen-bond donors (Lipinski definition) is 2. The highest BCUT2D eigenvalue weighted by Gasteiger charge is 2.12. The van der Waals surface area contributed by atoms with E-state index in [0.29, 0.717) is 5.56 Å². The average molecular weight is 241 g/mol. The normalized spacial score (nSPS) is 11.2. The number of rotatable bonds is 3. The monoisotopic (exact) mass is 241 g/mol. The summed E-state index contributed by atoms with van der Waals surface area (Å²) in [6.45, 7) is 0. The molecule has 90 valence electrons. The molecule has 2 aromatic rings. The number of aliphatic carboxylic acids is 1. The molecule has 0 aliphatic heterocycles. The van der Waals surface area contributed by atoms with Crippen molar-refractivity contribution in [3.63, 3.8) is 0 Å².